The second-order valence-corrected chi connectivity index (χ2v) is 6.12. The largest absolute Gasteiger partial charge is 0.440 e. The van der Waals surface area contributed by atoms with Crippen LogP contribution in [0.15, 0.2) is 58.5 Å². The molecule has 148 valence electrons. The average Bonchev–Trinajstić information content (AvgIpc) is 3.43. The molecule has 0 spiro atoms. The maximum Gasteiger partial charge on any atom is 0.416 e. The Kier molecular flexibility index (Phi) is 4.71. The lowest BCUT2D eigenvalue weighted by molar-refractivity contribution is -0.138. The van der Waals surface area contributed by atoms with Crippen molar-refractivity contribution in [3.05, 3.63) is 71.9 Å². The Hall–Kier alpha value is -3.76. The molecule has 29 heavy (non-hydrogen) atoms. The molecule has 11 heteroatoms. The zero-order chi connectivity index (χ0) is 20.4. The first-order valence-electron chi connectivity index (χ1n) is 8.30. The molecule has 4 aromatic heterocycles. The monoisotopic (exact) mass is 403 g/mol. The number of aromatic nitrogens is 5. The normalized spacial score (nSPS) is 11.7. The van der Waals surface area contributed by atoms with Crippen molar-refractivity contribution < 1.29 is 26.9 Å². The van der Waals surface area contributed by atoms with Crippen LogP contribution in [-0.2, 0) is 19.1 Å². The van der Waals surface area contributed by atoms with Crippen LogP contribution < -0.4 is 0 Å². The molecule has 0 aliphatic carbocycles. The summed E-state index contributed by atoms with van der Waals surface area (Å²) in [5, 5.41) is 7.74. The first kappa shape index (κ1) is 18.6. The fraction of sp³-hybridized carbons (Fsp3) is 0.167. The number of hydrogen-bond donors (Lipinski definition) is 0. The Labute approximate surface area is 161 Å². The van der Waals surface area contributed by atoms with Crippen LogP contribution >= 0.6 is 0 Å². The molecule has 0 atom stereocenters. The van der Waals surface area contributed by atoms with Crippen molar-refractivity contribution in [3.63, 3.8) is 0 Å². The third-order valence-corrected chi connectivity index (χ3v) is 4.06. The highest BCUT2D eigenvalue weighted by Gasteiger charge is 2.33. The van der Waals surface area contributed by atoms with Crippen LogP contribution in [0.25, 0.3) is 11.5 Å². The number of nitrogens with zero attached hydrogens (tertiary/aromatic N) is 5. The summed E-state index contributed by atoms with van der Waals surface area (Å²) in [4.78, 5) is 19.9. The van der Waals surface area contributed by atoms with Gasteiger partial charge in [0.1, 0.15) is 0 Å². The number of carbonyl (C=O) groups excluding carboxylic acids is 1. The predicted molar refractivity (Wildman–Crippen MR) is 90.6 cm³/mol. The molecule has 0 saturated heterocycles. The molecule has 0 aromatic carbocycles. The number of rotatable bonds is 6. The summed E-state index contributed by atoms with van der Waals surface area (Å²) in [6.45, 7) is -0.128. The van der Waals surface area contributed by atoms with Crippen LogP contribution in [0.3, 0.4) is 0 Å². The Bertz CT molecular complexity index is 1130. The van der Waals surface area contributed by atoms with Crippen LogP contribution in [0.4, 0.5) is 13.2 Å². The first-order chi connectivity index (χ1) is 13.9. The van der Waals surface area contributed by atoms with Crippen LogP contribution in [0.1, 0.15) is 27.2 Å². The number of ketones is 1. The van der Waals surface area contributed by atoms with Crippen molar-refractivity contribution in [2.75, 3.05) is 0 Å². The smallest absolute Gasteiger partial charge is 0.416 e. The van der Waals surface area contributed by atoms with Gasteiger partial charge in [-0.2, -0.15) is 18.3 Å². The second kappa shape index (κ2) is 7.34. The minimum absolute atomic E-state index is 0.0193. The number of hydrogen-bond acceptors (Lipinski definition) is 7. The van der Waals surface area contributed by atoms with E-state index in [1.54, 1.807) is 0 Å². The first-order valence-corrected chi connectivity index (χ1v) is 8.30. The number of carbonyl (C=O) groups is 1. The van der Waals surface area contributed by atoms with Crippen molar-refractivity contribution in [2.45, 2.75) is 19.1 Å². The molecule has 0 aliphatic heterocycles. The lowest BCUT2D eigenvalue weighted by Gasteiger charge is -2.11. The lowest BCUT2D eigenvalue weighted by atomic mass is 10.1. The number of halogens is 3. The number of oxazole rings is 1. The molecule has 0 amide bonds. The standard InChI is InChI=1S/C18H12F3N5O3/c19-18(20,21)13-1-2-22-6-12(13)9-26-8-11(5-24-26)3-15(27)14-4-16(29-25-14)17-7-23-10-28-17/h1-2,4-8,10H,3,9H2. The molecule has 8 nitrogen and oxygen atoms in total. The summed E-state index contributed by atoms with van der Waals surface area (Å²) < 4.78 is 50.7. The summed E-state index contributed by atoms with van der Waals surface area (Å²) in [6, 6.07) is 2.35. The van der Waals surface area contributed by atoms with Gasteiger partial charge < -0.3 is 8.94 Å². The molecule has 0 radical (unpaired) electrons. The van der Waals surface area contributed by atoms with Gasteiger partial charge in [-0.25, -0.2) is 4.98 Å². The minimum Gasteiger partial charge on any atom is -0.440 e. The van der Waals surface area contributed by atoms with Gasteiger partial charge >= 0.3 is 6.18 Å². The van der Waals surface area contributed by atoms with E-state index in [-0.39, 0.29) is 35.8 Å². The molecule has 4 heterocycles. The molecule has 0 bridgehead atoms. The third-order valence-electron chi connectivity index (χ3n) is 4.06. The van der Waals surface area contributed by atoms with Crippen molar-refractivity contribution in [1.82, 2.24) is 24.9 Å². The van der Waals surface area contributed by atoms with Gasteiger partial charge in [0.25, 0.3) is 0 Å². The summed E-state index contributed by atoms with van der Waals surface area (Å²) in [7, 11) is 0. The molecule has 0 unspecified atom stereocenters. The van der Waals surface area contributed by atoms with Crippen molar-refractivity contribution in [2.24, 2.45) is 0 Å². The van der Waals surface area contributed by atoms with Gasteiger partial charge in [-0.15, -0.1) is 0 Å². The van der Waals surface area contributed by atoms with Gasteiger partial charge in [0.2, 0.25) is 5.76 Å². The molecular weight excluding hydrogens is 391 g/mol. The van der Waals surface area contributed by atoms with Gasteiger partial charge in [-0.1, -0.05) is 5.16 Å². The summed E-state index contributed by atoms with van der Waals surface area (Å²) >= 11 is 0. The zero-order valence-electron chi connectivity index (χ0n) is 14.6. The van der Waals surface area contributed by atoms with Gasteiger partial charge in [0.15, 0.2) is 23.6 Å². The highest BCUT2D eigenvalue weighted by molar-refractivity contribution is 5.96. The second-order valence-electron chi connectivity index (χ2n) is 6.12. The van der Waals surface area contributed by atoms with Gasteiger partial charge in [-0.3, -0.25) is 14.5 Å². The van der Waals surface area contributed by atoms with E-state index in [0.29, 0.717) is 11.3 Å². The molecule has 0 fully saturated rings. The quantitative estimate of drug-likeness (QED) is 0.455. The van der Waals surface area contributed by atoms with Crippen LogP contribution in [0, 0.1) is 0 Å². The van der Waals surface area contributed by atoms with Crippen molar-refractivity contribution in [3.8, 4) is 11.5 Å². The Morgan fingerprint density at radius 3 is 2.76 bits per heavy atom. The van der Waals surface area contributed by atoms with E-state index < -0.39 is 11.7 Å². The fourth-order valence-electron chi connectivity index (χ4n) is 2.72. The van der Waals surface area contributed by atoms with Gasteiger partial charge in [-0.05, 0) is 11.6 Å². The SMILES string of the molecule is O=C(Cc1cnn(Cc2cnccc2C(F)(F)F)c1)c1cc(-c2cnco2)on1. The van der Waals surface area contributed by atoms with E-state index in [1.165, 1.54) is 35.7 Å². The number of Topliss-reactive ketones (excluding diaryl/α,β-unsaturated/α-hetero) is 1. The third kappa shape index (κ3) is 4.08. The van der Waals surface area contributed by atoms with E-state index in [4.69, 9.17) is 8.94 Å². The summed E-state index contributed by atoms with van der Waals surface area (Å²) in [5.41, 5.74) is -0.176. The molecule has 4 rings (SSSR count). The number of alkyl halides is 3. The summed E-state index contributed by atoms with van der Waals surface area (Å²) in [5.74, 6) is 0.260. The van der Waals surface area contributed by atoms with E-state index in [0.717, 1.165) is 18.5 Å². The maximum atomic E-state index is 13.1. The molecular formula is C18H12F3N5O3. The van der Waals surface area contributed by atoms with Crippen LogP contribution in [0.5, 0.6) is 0 Å². The average molecular weight is 403 g/mol. The lowest BCUT2D eigenvalue weighted by Crippen LogP contribution is -2.12. The van der Waals surface area contributed by atoms with E-state index in [2.05, 4.69) is 20.2 Å². The van der Waals surface area contributed by atoms with Crippen molar-refractivity contribution in [1.29, 1.82) is 0 Å². The van der Waals surface area contributed by atoms with Gasteiger partial charge in [0.05, 0.1) is 24.5 Å². The van der Waals surface area contributed by atoms with E-state index in [1.807, 2.05) is 0 Å². The highest BCUT2D eigenvalue weighted by Crippen LogP contribution is 2.31. The van der Waals surface area contributed by atoms with E-state index in [9.17, 15) is 18.0 Å². The van der Waals surface area contributed by atoms with Gasteiger partial charge in [0, 0.05) is 36.6 Å². The minimum atomic E-state index is -4.49. The van der Waals surface area contributed by atoms with Crippen LogP contribution in [-0.4, -0.2) is 30.7 Å². The molecule has 0 saturated carbocycles. The summed E-state index contributed by atoms with van der Waals surface area (Å²) in [6.07, 6.45) is 3.27. The fourth-order valence-corrected chi connectivity index (χ4v) is 2.72. The Morgan fingerprint density at radius 2 is 2.00 bits per heavy atom. The van der Waals surface area contributed by atoms with E-state index >= 15 is 0 Å². The van der Waals surface area contributed by atoms with Crippen molar-refractivity contribution >= 4 is 5.78 Å². The Balaban J connectivity index is 1.46. The molecule has 0 N–H and O–H groups in total. The predicted octanol–water partition coefficient (Wildman–Crippen LogP) is 3.41. The Morgan fingerprint density at radius 1 is 1.14 bits per heavy atom. The number of pyridine rings is 1. The molecule has 4 aromatic rings. The molecule has 0 aliphatic rings. The van der Waals surface area contributed by atoms with Crippen LogP contribution in [0.2, 0.25) is 0 Å². The highest BCUT2D eigenvalue weighted by atomic mass is 19.4. The maximum absolute atomic E-state index is 13.1. The topological polar surface area (TPSA) is 99.8 Å². The zero-order valence-corrected chi connectivity index (χ0v) is 14.6.